The van der Waals surface area contributed by atoms with Gasteiger partial charge in [0.05, 0.1) is 12.5 Å². The number of aldehydes is 1. The summed E-state index contributed by atoms with van der Waals surface area (Å²) in [5.41, 5.74) is -3.20. The number of ketones is 2. The van der Waals surface area contributed by atoms with Gasteiger partial charge < -0.3 is 9.53 Å². The van der Waals surface area contributed by atoms with Crippen LogP contribution in [0.5, 0.6) is 0 Å². The number of carbonyl (C=O) groups is 3. The number of allylic oxidation sites excluding steroid dienone is 6. The van der Waals surface area contributed by atoms with E-state index in [9.17, 15) is 14.4 Å². The van der Waals surface area contributed by atoms with Gasteiger partial charge in [0, 0.05) is 5.57 Å². The lowest BCUT2D eigenvalue weighted by Gasteiger charge is -2.60. The molecule has 2 aliphatic carbocycles. The van der Waals surface area contributed by atoms with Crippen LogP contribution in [0.4, 0.5) is 0 Å². The third-order valence-electron chi connectivity index (χ3n) is 7.07. The summed E-state index contributed by atoms with van der Waals surface area (Å²) in [6.07, 6.45) is 10.1. The van der Waals surface area contributed by atoms with Crippen molar-refractivity contribution >= 4 is 17.9 Å². The van der Waals surface area contributed by atoms with E-state index in [0.29, 0.717) is 31.3 Å². The van der Waals surface area contributed by atoms with E-state index in [2.05, 4.69) is 26.3 Å². The van der Waals surface area contributed by atoms with Crippen LogP contribution in [0.2, 0.25) is 0 Å². The molecule has 0 spiro atoms. The Morgan fingerprint density at radius 1 is 1.10 bits per heavy atom. The molecule has 4 nitrogen and oxygen atoms in total. The van der Waals surface area contributed by atoms with E-state index in [4.69, 9.17) is 4.74 Å². The topological polar surface area (TPSA) is 60.4 Å². The molecular formula is C25H32O4. The molecule has 0 radical (unpaired) electrons. The molecule has 0 saturated heterocycles. The minimum Gasteiger partial charge on any atom is -0.499 e. The monoisotopic (exact) mass is 396 g/mol. The maximum Gasteiger partial charge on any atom is 0.176 e. The van der Waals surface area contributed by atoms with Gasteiger partial charge in [-0.05, 0) is 49.9 Å². The standard InChI is InChI=1S/C25H32O4/c1-7-11-15-23(5)18(12-8-2)16-24(14-10-4)20(27)19(13-9-3)21(29-6)25(23,17-26)22(24)28/h7-10,17-18H,1-4,11-16H2,5-6H3/t18-,23+,24+,25-/m1/s1. The fraction of sp³-hybridized carbons (Fsp3) is 0.480. The molecule has 0 aromatic carbocycles. The normalized spacial score (nSPS) is 33.8. The number of methoxy groups -OCH3 is 1. The molecule has 0 heterocycles. The van der Waals surface area contributed by atoms with E-state index in [1.807, 2.05) is 6.92 Å². The van der Waals surface area contributed by atoms with E-state index in [-0.39, 0.29) is 36.1 Å². The molecule has 0 N–H and O–H groups in total. The van der Waals surface area contributed by atoms with Gasteiger partial charge in [0.2, 0.25) is 0 Å². The average molecular weight is 397 g/mol. The van der Waals surface area contributed by atoms with E-state index in [1.165, 1.54) is 7.11 Å². The zero-order chi connectivity index (χ0) is 21.9. The lowest BCUT2D eigenvalue weighted by molar-refractivity contribution is -0.173. The SMILES string of the molecule is C=CCC[C@@]1(C)[C@H](CC=C)C[C@@]2(CC=C)C(=O)C(CC=C)=C(OC)[C@]1(C=O)C2=O. The summed E-state index contributed by atoms with van der Waals surface area (Å²) in [7, 11) is 1.43. The van der Waals surface area contributed by atoms with Crippen LogP contribution in [0.1, 0.15) is 45.4 Å². The van der Waals surface area contributed by atoms with Crippen LogP contribution < -0.4 is 0 Å². The van der Waals surface area contributed by atoms with E-state index < -0.39 is 16.2 Å². The summed E-state index contributed by atoms with van der Waals surface area (Å²) in [5.74, 6) is -0.539. The van der Waals surface area contributed by atoms with Crippen LogP contribution in [0.3, 0.4) is 0 Å². The highest BCUT2D eigenvalue weighted by Crippen LogP contribution is 2.66. The third-order valence-corrected chi connectivity index (χ3v) is 7.07. The molecule has 0 amide bonds. The molecule has 1 saturated carbocycles. The Labute approximate surface area is 174 Å². The second kappa shape index (κ2) is 8.48. The number of carbonyl (C=O) groups excluding carboxylic acids is 3. The van der Waals surface area contributed by atoms with Crippen LogP contribution in [-0.4, -0.2) is 25.0 Å². The Morgan fingerprint density at radius 3 is 2.28 bits per heavy atom. The number of fused-ring (bicyclic) bond motifs is 2. The molecule has 4 atom stereocenters. The van der Waals surface area contributed by atoms with Crippen molar-refractivity contribution in [3.05, 3.63) is 62.0 Å². The molecule has 2 rings (SSSR count). The molecule has 1 fully saturated rings. The van der Waals surface area contributed by atoms with Crippen LogP contribution in [0.15, 0.2) is 62.0 Å². The predicted molar refractivity (Wildman–Crippen MR) is 115 cm³/mol. The summed E-state index contributed by atoms with van der Waals surface area (Å²) in [5, 5.41) is 0. The van der Waals surface area contributed by atoms with Crippen molar-refractivity contribution in [3.63, 3.8) is 0 Å². The fourth-order valence-corrected chi connectivity index (χ4v) is 5.60. The molecule has 0 aromatic rings. The van der Waals surface area contributed by atoms with Crippen molar-refractivity contribution in [2.45, 2.75) is 45.4 Å². The summed E-state index contributed by atoms with van der Waals surface area (Å²) in [6, 6.07) is 0. The van der Waals surface area contributed by atoms with E-state index >= 15 is 0 Å². The van der Waals surface area contributed by atoms with Crippen molar-refractivity contribution in [3.8, 4) is 0 Å². The van der Waals surface area contributed by atoms with Gasteiger partial charge >= 0.3 is 0 Å². The number of Topliss-reactive ketones (excluding diaryl/α,β-unsaturated/α-hetero) is 2. The van der Waals surface area contributed by atoms with Crippen LogP contribution in [-0.2, 0) is 19.1 Å². The van der Waals surface area contributed by atoms with Gasteiger partial charge in [0.1, 0.15) is 17.5 Å². The quantitative estimate of drug-likeness (QED) is 0.282. The molecule has 0 unspecified atom stereocenters. The highest BCUT2D eigenvalue weighted by molar-refractivity contribution is 6.24. The fourth-order valence-electron chi connectivity index (χ4n) is 5.60. The number of rotatable bonds is 11. The molecule has 156 valence electrons. The van der Waals surface area contributed by atoms with Crippen LogP contribution >= 0.6 is 0 Å². The van der Waals surface area contributed by atoms with E-state index in [0.717, 1.165) is 6.29 Å². The van der Waals surface area contributed by atoms with Gasteiger partial charge in [-0.2, -0.15) is 0 Å². The van der Waals surface area contributed by atoms with Gasteiger partial charge in [-0.1, -0.05) is 31.2 Å². The maximum atomic E-state index is 14.0. The summed E-state index contributed by atoms with van der Waals surface area (Å²) >= 11 is 0. The van der Waals surface area contributed by atoms with Crippen molar-refractivity contribution in [1.29, 1.82) is 0 Å². The smallest absolute Gasteiger partial charge is 0.176 e. The molecular weight excluding hydrogens is 364 g/mol. The van der Waals surface area contributed by atoms with Gasteiger partial charge in [0.25, 0.3) is 0 Å². The third kappa shape index (κ3) is 2.92. The van der Waals surface area contributed by atoms with Crippen molar-refractivity contribution in [2.24, 2.45) is 22.2 Å². The number of ether oxygens (including phenoxy) is 1. The first kappa shape index (κ1) is 22.8. The molecule has 0 aliphatic heterocycles. The van der Waals surface area contributed by atoms with Gasteiger partial charge in [-0.3, -0.25) is 9.59 Å². The van der Waals surface area contributed by atoms with Gasteiger partial charge in [-0.15, -0.1) is 26.3 Å². The van der Waals surface area contributed by atoms with Gasteiger partial charge in [-0.25, -0.2) is 0 Å². The second-order valence-corrected chi connectivity index (χ2v) is 8.33. The molecule has 4 heteroatoms. The Kier molecular flexibility index (Phi) is 6.67. The average Bonchev–Trinajstić information content (AvgIpc) is 2.71. The molecule has 2 bridgehead atoms. The Hall–Kier alpha value is -2.49. The first-order valence-electron chi connectivity index (χ1n) is 10.1. The van der Waals surface area contributed by atoms with Gasteiger partial charge in [0.15, 0.2) is 11.6 Å². The van der Waals surface area contributed by atoms with Crippen molar-refractivity contribution in [1.82, 2.24) is 0 Å². The Bertz CT molecular complexity index is 789. The lowest BCUT2D eigenvalue weighted by atomic mass is 9.40. The molecule has 2 aliphatic rings. The van der Waals surface area contributed by atoms with Crippen molar-refractivity contribution in [2.75, 3.05) is 7.11 Å². The number of hydrogen-bond donors (Lipinski definition) is 0. The molecule has 29 heavy (non-hydrogen) atoms. The summed E-state index contributed by atoms with van der Waals surface area (Å²) in [4.78, 5) is 40.5. The Balaban J connectivity index is 2.99. The highest BCUT2D eigenvalue weighted by atomic mass is 16.5. The first-order valence-corrected chi connectivity index (χ1v) is 10.1. The summed E-state index contributed by atoms with van der Waals surface area (Å²) < 4.78 is 5.68. The predicted octanol–water partition coefficient (Wildman–Crippen LogP) is 4.93. The zero-order valence-corrected chi connectivity index (χ0v) is 17.7. The highest BCUT2D eigenvalue weighted by Gasteiger charge is 2.73. The largest absolute Gasteiger partial charge is 0.499 e. The zero-order valence-electron chi connectivity index (χ0n) is 17.7. The molecule has 0 aromatic heterocycles. The maximum absolute atomic E-state index is 14.0. The van der Waals surface area contributed by atoms with Crippen LogP contribution in [0, 0.1) is 22.2 Å². The Morgan fingerprint density at radius 2 is 1.79 bits per heavy atom. The van der Waals surface area contributed by atoms with Crippen molar-refractivity contribution < 1.29 is 19.1 Å². The second-order valence-electron chi connectivity index (χ2n) is 8.33. The minimum atomic E-state index is -1.54. The van der Waals surface area contributed by atoms with Crippen LogP contribution in [0.25, 0.3) is 0 Å². The number of hydrogen-bond acceptors (Lipinski definition) is 4. The van der Waals surface area contributed by atoms with E-state index in [1.54, 1.807) is 24.3 Å². The lowest BCUT2D eigenvalue weighted by Crippen LogP contribution is -2.67. The first-order chi connectivity index (χ1) is 13.8. The minimum absolute atomic E-state index is 0.0952. The summed E-state index contributed by atoms with van der Waals surface area (Å²) in [6.45, 7) is 17.2.